The van der Waals surface area contributed by atoms with Gasteiger partial charge in [-0.05, 0) is 37.3 Å². The lowest BCUT2D eigenvalue weighted by molar-refractivity contribution is -0.147. The Hall–Kier alpha value is -2.17. The molecule has 5 heteroatoms. The molecule has 1 amide bonds. The number of rotatable bonds is 5. The van der Waals surface area contributed by atoms with E-state index in [-0.39, 0.29) is 17.9 Å². The monoisotopic (exact) mass is 316 g/mol. The zero-order chi connectivity index (χ0) is 17.0. The predicted octanol–water partition coefficient (Wildman–Crippen LogP) is 2.87. The van der Waals surface area contributed by atoms with E-state index in [2.05, 4.69) is 10.3 Å². The molecule has 23 heavy (non-hydrogen) atoms. The van der Waals surface area contributed by atoms with Crippen molar-refractivity contribution in [2.24, 2.45) is 17.8 Å². The van der Waals surface area contributed by atoms with Gasteiger partial charge in [0.2, 0.25) is 5.91 Å². The number of pyridine rings is 1. The second-order valence-corrected chi connectivity index (χ2v) is 6.43. The van der Waals surface area contributed by atoms with Crippen LogP contribution in [0.25, 0.3) is 0 Å². The van der Waals surface area contributed by atoms with E-state index in [1.165, 1.54) is 0 Å². The summed E-state index contributed by atoms with van der Waals surface area (Å²) in [5, 5.41) is 12.4. The minimum Gasteiger partial charge on any atom is -0.481 e. The van der Waals surface area contributed by atoms with Gasteiger partial charge in [-0.25, -0.2) is 0 Å². The van der Waals surface area contributed by atoms with E-state index < -0.39 is 17.8 Å². The van der Waals surface area contributed by atoms with Crippen molar-refractivity contribution in [3.05, 3.63) is 41.7 Å². The number of carboxylic acid groups (broad SMARTS) is 1. The first kappa shape index (κ1) is 17.2. The molecule has 5 nitrogen and oxygen atoms in total. The average molecular weight is 316 g/mol. The summed E-state index contributed by atoms with van der Waals surface area (Å²) in [6.07, 6.45) is 6.32. The number of hydrogen-bond donors (Lipinski definition) is 2. The Morgan fingerprint density at radius 3 is 2.48 bits per heavy atom. The topological polar surface area (TPSA) is 79.3 Å². The molecular weight excluding hydrogens is 292 g/mol. The molecule has 2 N–H and O–H groups in total. The number of carbonyl (C=O) groups is 2. The van der Waals surface area contributed by atoms with Crippen molar-refractivity contribution in [3.63, 3.8) is 0 Å². The molecule has 1 aromatic heterocycles. The molecule has 0 aliphatic heterocycles. The van der Waals surface area contributed by atoms with E-state index in [0.717, 1.165) is 11.3 Å². The maximum Gasteiger partial charge on any atom is 0.307 e. The van der Waals surface area contributed by atoms with Crippen molar-refractivity contribution in [3.8, 4) is 0 Å². The van der Waals surface area contributed by atoms with Crippen LogP contribution in [0.3, 0.4) is 0 Å². The Labute approximate surface area is 136 Å². The molecule has 1 unspecified atom stereocenters. The van der Waals surface area contributed by atoms with Crippen molar-refractivity contribution in [2.45, 2.75) is 39.7 Å². The number of hydrogen-bond acceptors (Lipinski definition) is 3. The third-order valence-corrected chi connectivity index (χ3v) is 4.40. The highest BCUT2D eigenvalue weighted by molar-refractivity contribution is 5.85. The Morgan fingerprint density at radius 2 is 1.91 bits per heavy atom. The number of aromatic nitrogens is 1. The minimum atomic E-state index is -0.912. The lowest BCUT2D eigenvalue weighted by Crippen LogP contribution is -2.42. The zero-order valence-corrected chi connectivity index (χ0v) is 13.8. The fourth-order valence-electron chi connectivity index (χ4n) is 3.01. The molecule has 0 aromatic carbocycles. The van der Waals surface area contributed by atoms with E-state index >= 15 is 0 Å². The summed E-state index contributed by atoms with van der Waals surface area (Å²) < 4.78 is 0. The first-order chi connectivity index (χ1) is 10.9. The van der Waals surface area contributed by atoms with E-state index in [9.17, 15) is 14.7 Å². The van der Waals surface area contributed by atoms with Gasteiger partial charge in [-0.2, -0.15) is 0 Å². The second-order valence-electron chi connectivity index (χ2n) is 6.43. The maximum atomic E-state index is 12.7. The summed E-state index contributed by atoms with van der Waals surface area (Å²) in [4.78, 5) is 28.5. The molecule has 0 bridgehead atoms. The Bertz CT molecular complexity index is 610. The van der Waals surface area contributed by atoms with Gasteiger partial charge < -0.3 is 10.4 Å². The predicted molar refractivity (Wildman–Crippen MR) is 87.7 cm³/mol. The Kier molecular flexibility index (Phi) is 5.53. The smallest absolute Gasteiger partial charge is 0.307 e. The van der Waals surface area contributed by atoms with Crippen LogP contribution in [0.2, 0.25) is 0 Å². The number of allylic oxidation sites excluding steroid dienone is 2. The summed E-state index contributed by atoms with van der Waals surface area (Å²) in [6, 6.07) is 3.61. The van der Waals surface area contributed by atoms with Crippen LogP contribution in [0.4, 0.5) is 0 Å². The van der Waals surface area contributed by atoms with E-state index in [4.69, 9.17) is 0 Å². The molecule has 0 saturated heterocycles. The van der Waals surface area contributed by atoms with Gasteiger partial charge in [-0.15, -0.1) is 0 Å². The average Bonchev–Trinajstić information content (AvgIpc) is 2.53. The summed E-state index contributed by atoms with van der Waals surface area (Å²) in [6.45, 7) is 6.01. The highest BCUT2D eigenvalue weighted by Crippen LogP contribution is 2.29. The van der Waals surface area contributed by atoms with Crippen LogP contribution in [0, 0.1) is 24.7 Å². The van der Waals surface area contributed by atoms with Crippen LogP contribution in [-0.4, -0.2) is 22.0 Å². The molecule has 1 aliphatic carbocycles. The number of amides is 1. The second kappa shape index (κ2) is 7.40. The number of carbonyl (C=O) groups excluding carboxylic acids is 1. The number of nitrogens with zero attached hydrogens (tertiary/aromatic N) is 1. The van der Waals surface area contributed by atoms with Crippen molar-refractivity contribution in [1.29, 1.82) is 0 Å². The molecule has 0 radical (unpaired) electrons. The first-order valence-electron chi connectivity index (χ1n) is 8.01. The fourth-order valence-corrected chi connectivity index (χ4v) is 3.01. The summed E-state index contributed by atoms with van der Waals surface area (Å²) in [7, 11) is 0. The van der Waals surface area contributed by atoms with Gasteiger partial charge in [0.15, 0.2) is 0 Å². The van der Waals surface area contributed by atoms with E-state index in [1.807, 2.05) is 45.1 Å². The highest BCUT2D eigenvalue weighted by Gasteiger charge is 2.35. The SMILES string of the molecule is Cc1cccnc1C(NC(=O)[C@@H]1CC=CC[C@@H]1C(=O)O)C(C)C. The van der Waals surface area contributed by atoms with Crippen LogP contribution in [0.1, 0.15) is 44.0 Å². The number of carboxylic acids is 1. The third kappa shape index (κ3) is 3.97. The molecule has 1 heterocycles. The van der Waals surface area contributed by atoms with Crippen LogP contribution in [-0.2, 0) is 9.59 Å². The minimum absolute atomic E-state index is 0.162. The van der Waals surface area contributed by atoms with E-state index in [1.54, 1.807) is 6.20 Å². The van der Waals surface area contributed by atoms with Gasteiger partial charge in [-0.3, -0.25) is 14.6 Å². The van der Waals surface area contributed by atoms with Crippen LogP contribution in [0.5, 0.6) is 0 Å². The third-order valence-electron chi connectivity index (χ3n) is 4.40. The molecule has 0 fully saturated rings. The van der Waals surface area contributed by atoms with Gasteiger partial charge in [0.05, 0.1) is 23.6 Å². The van der Waals surface area contributed by atoms with E-state index in [0.29, 0.717) is 12.8 Å². The standard InChI is InChI=1S/C18H24N2O3/c1-11(2)15(16-12(3)7-6-10-19-16)20-17(21)13-8-4-5-9-14(13)18(22)23/h4-7,10-11,13-15H,8-9H2,1-3H3,(H,20,21)(H,22,23)/t13-,14+,15?/m1/s1. The molecule has 3 atom stereocenters. The molecule has 0 spiro atoms. The van der Waals surface area contributed by atoms with Gasteiger partial charge in [0.25, 0.3) is 0 Å². The molecule has 2 rings (SSSR count). The lowest BCUT2D eigenvalue weighted by atomic mass is 9.82. The van der Waals surface area contributed by atoms with Gasteiger partial charge in [0.1, 0.15) is 0 Å². The largest absolute Gasteiger partial charge is 0.481 e. The first-order valence-corrected chi connectivity index (χ1v) is 8.01. The highest BCUT2D eigenvalue weighted by atomic mass is 16.4. The number of nitrogens with one attached hydrogen (secondary N) is 1. The maximum absolute atomic E-state index is 12.7. The normalized spacial score (nSPS) is 21.9. The van der Waals surface area contributed by atoms with Crippen LogP contribution >= 0.6 is 0 Å². The Balaban J connectivity index is 2.20. The lowest BCUT2D eigenvalue weighted by Gasteiger charge is -2.29. The van der Waals surface area contributed by atoms with Crippen LogP contribution < -0.4 is 5.32 Å². The van der Waals surface area contributed by atoms with Crippen molar-refractivity contribution in [2.75, 3.05) is 0 Å². The van der Waals surface area contributed by atoms with Crippen molar-refractivity contribution < 1.29 is 14.7 Å². The summed E-state index contributed by atoms with van der Waals surface area (Å²) in [5.74, 6) is -2.13. The molecule has 124 valence electrons. The molecule has 0 saturated carbocycles. The van der Waals surface area contributed by atoms with Gasteiger partial charge in [0, 0.05) is 6.20 Å². The molecule has 1 aliphatic rings. The molecular formula is C18H24N2O3. The van der Waals surface area contributed by atoms with Crippen molar-refractivity contribution >= 4 is 11.9 Å². The summed E-state index contributed by atoms with van der Waals surface area (Å²) >= 11 is 0. The van der Waals surface area contributed by atoms with Crippen molar-refractivity contribution in [1.82, 2.24) is 10.3 Å². The Morgan fingerprint density at radius 1 is 1.26 bits per heavy atom. The summed E-state index contributed by atoms with van der Waals surface area (Å²) in [5.41, 5.74) is 1.86. The zero-order valence-electron chi connectivity index (χ0n) is 13.8. The number of aliphatic carboxylic acids is 1. The molecule has 1 aromatic rings. The van der Waals surface area contributed by atoms with Gasteiger partial charge in [-0.1, -0.05) is 32.1 Å². The number of aryl methyl sites for hydroxylation is 1. The van der Waals surface area contributed by atoms with Crippen LogP contribution in [0.15, 0.2) is 30.5 Å². The fraction of sp³-hybridized carbons (Fsp3) is 0.500. The van der Waals surface area contributed by atoms with Gasteiger partial charge >= 0.3 is 5.97 Å². The quantitative estimate of drug-likeness (QED) is 0.819.